The van der Waals surface area contributed by atoms with Crippen LogP contribution in [0.15, 0.2) is 66.7 Å². The quantitative estimate of drug-likeness (QED) is 0.438. The van der Waals surface area contributed by atoms with Gasteiger partial charge in [-0.25, -0.2) is 0 Å². The van der Waals surface area contributed by atoms with E-state index in [1.807, 2.05) is 43.4 Å². The molecule has 0 saturated heterocycles. The van der Waals surface area contributed by atoms with Crippen LogP contribution in [0.4, 0.5) is 11.4 Å². The van der Waals surface area contributed by atoms with Gasteiger partial charge in [0.05, 0.1) is 5.56 Å². The Labute approximate surface area is 165 Å². The van der Waals surface area contributed by atoms with E-state index in [0.717, 1.165) is 28.1 Å². The highest BCUT2D eigenvalue weighted by atomic mass is 16.3. The molecule has 0 aliphatic carbocycles. The summed E-state index contributed by atoms with van der Waals surface area (Å²) < 4.78 is 0. The molecule has 3 N–H and O–H groups in total. The van der Waals surface area contributed by atoms with Gasteiger partial charge in [-0.05, 0) is 42.3 Å². The van der Waals surface area contributed by atoms with Crippen molar-refractivity contribution in [3.63, 3.8) is 0 Å². The molecule has 0 heterocycles. The molecule has 0 spiro atoms. The molecule has 3 aromatic carbocycles. The van der Waals surface area contributed by atoms with E-state index in [1.165, 1.54) is 6.07 Å². The molecule has 3 rings (SSSR count). The Bertz CT molecular complexity index is 953. The number of hydrogen-bond acceptors (Lipinski definition) is 5. The topological polar surface area (TPSA) is 78.4 Å². The molecule has 28 heavy (non-hydrogen) atoms. The van der Waals surface area contributed by atoms with Gasteiger partial charge in [-0.2, -0.15) is 0 Å². The fourth-order valence-corrected chi connectivity index (χ4v) is 2.67. The molecule has 5 nitrogen and oxygen atoms in total. The van der Waals surface area contributed by atoms with Crippen LogP contribution in [0, 0.1) is 0 Å². The molecule has 0 aliphatic rings. The molecule has 0 fully saturated rings. The molecule has 0 radical (unpaired) electrons. The van der Waals surface area contributed by atoms with E-state index in [0.29, 0.717) is 11.8 Å². The fourth-order valence-electron chi connectivity index (χ4n) is 2.67. The number of carbonyl (C=O) groups is 2. The van der Waals surface area contributed by atoms with Gasteiger partial charge in [0.15, 0.2) is 12.1 Å². The first-order valence-electron chi connectivity index (χ1n) is 8.84. The van der Waals surface area contributed by atoms with Crippen LogP contribution in [0.25, 0.3) is 11.1 Å². The average molecular weight is 376 g/mol. The number of carbonyl (C=O) groups excluding carboxylic acids is 2. The second kappa shape index (κ2) is 9.92. The standard InChI is InChI=1S/C15H15NO.C8H9NO2/c1-11(17)14-9-8-13(10-15(14)16-2)12-6-4-3-5-7-12;1-9-7-3-2-6(5-10)8(11)4-7/h3-10,16H,1-2H3;2-5,9,11H,1H3. The van der Waals surface area contributed by atoms with E-state index < -0.39 is 0 Å². The van der Waals surface area contributed by atoms with Crippen LogP contribution in [-0.2, 0) is 0 Å². The number of Topliss-reactive ketones (excluding diaryl/α,β-unsaturated/α-hetero) is 1. The number of anilines is 2. The number of benzene rings is 3. The lowest BCUT2D eigenvalue weighted by Crippen LogP contribution is -2.00. The fraction of sp³-hybridized carbons (Fsp3) is 0.130. The highest BCUT2D eigenvalue weighted by Gasteiger charge is 2.07. The first-order valence-corrected chi connectivity index (χ1v) is 8.84. The molecular weight excluding hydrogens is 352 g/mol. The van der Waals surface area contributed by atoms with Crippen LogP contribution in [0.3, 0.4) is 0 Å². The van der Waals surface area contributed by atoms with Crippen molar-refractivity contribution in [2.75, 3.05) is 24.7 Å². The third kappa shape index (κ3) is 5.20. The summed E-state index contributed by atoms with van der Waals surface area (Å²) in [5, 5.41) is 15.1. The number of rotatable bonds is 5. The third-order valence-corrected chi connectivity index (χ3v) is 4.22. The molecule has 0 aliphatic heterocycles. The molecule has 0 amide bonds. The molecular formula is C23H24N2O3. The van der Waals surface area contributed by atoms with E-state index in [4.69, 9.17) is 5.11 Å². The van der Waals surface area contributed by atoms with Gasteiger partial charge >= 0.3 is 0 Å². The minimum Gasteiger partial charge on any atom is -0.507 e. The van der Waals surface area contributed by atoms with Crippen LogP contribution >= 0.6 is 0 Å². The maximum Gasteiger partial charge on any atom is 0.161 e. The van der Waals surface area contributed by atoms with Crippen LogP contribution in [0.5, 0.6) is 5.75 Å². The van der Waals surface area contributed by atoms with Gasteiger partial charge in [0, 0.05) is 37.1 Å². The molecule has 0 aromatic heterocycles. The van der Waals surface area contributed by atoms with E-state index >= 15 is 0 Å². The normalized spacial score (nSPS) is 9.68. The van der Waals surface area contributed by atoms with Crippen LogP contribution in [0.2, 0.25) is 0 Å². The molecule has 3 aromatic rings. The summed E-state index contributed by atoms with van der Waals surface area (Å²) in [5.41, 5.74) is 4.96. The summed E-state index contributed by atoms with van der Waals surface area (Å²) in [5.74, 6) is 0.0841. The summed E-state index contributed by atoms with van der Waals surface area (Å²) >= 11 is 0. The zero-order chi connectivity index (χ0) is 20.5. The molecule has 0 saturated carbocycles. The van der Waals surface area contributed by atoms with Gasteiger partial charge < -0.3 is 15.7 Å². The summed E-state index contributed by atoms with van der Waals surface area (Å²) in [6.45, 7) is 1.58. The Morgan fingerprint density at radius 3 is 2.14 bits per heavy atom. The van der Waals surface area contributed by atoms with Crippen LogP contribution in [-0.4, -0.2) is 31.3 Å². The Balaban J connectivity index is 0.000000221. The lowest BCUT2D eigenvalue weighted by atomic mass is 10.0. The predicted octanol–water partition coefficient (Wildman–Crippen LogP) is 4.84. The summed E-state index contributed by atoms with van der Waals surface area (Å²) in [4.78, 5) is 21.7. The first kappa shape index (κ1) is 20.7. The Morgan fingerprint density at radius 1 is 0.893 bits per heavy atom. The van der Waals surface area contributed by atoms with Crippen LogP contribution < -0.4 is 10.6 Å². The van der Waals surface area contributed by atoms with Gasteiger partial charge in [-0.1, -0.05) is 36.4 Å². The van der Waals surface area contributed by atoms with Crippen molar-refractivity contribution >= 4 is 23.4 Å². The number of hydrogen-bond donors (Lipinski definition) is 3. The van der Waals surface area contributed by atoms with Crippen molar-refractivity contribution < 1.29 is 14.7 Å². The van der Waals surface area contributed by atoms with Gasteiger partial charge in [-0.3, -0.25) is 9.59 Å². The van der Waals surface area contributed by atoms with E-state index in [-0.39, 0.29) is 11.5 Å². The third-order valence-electron chi connectivity index (χ3n) is 4.22. The number of nitrogens with one attached hydrogen (secondary N) is 2. The molecule has 144 valence electrons. The Hall–Kier alpha value is -3.60. The van der Waals surface area contributed by atoms with E-state index in [2.05, 4.69) is 22.8 Å². The lowest BCUT2D eigenvalue weighted by Gasteiger charge is -2.09. The average Bonchev–Trinajstić information content (AvgIpc) is 2.74. The molecule has 0 bridgehead atoms. The van der Waals surface area contributed by atoms with E-state index in [9.17, 15) is 9.59 Å². The zero-order valence-electron chi connectivity index (χ0n) is 16.2. The van der Waals surface area contributed by atoms with Crippen molar-refractivity contribution in [2.24, 2.45) is 0 Å². The monoisotopic (exact) mass is 376 g/mol. The van der Waals surface area contributed by atoms with Gasteiger partial charge in [0.1, 0.15) is 5.75 Å². The molecule has 0 unspecified atom stereocenters. The largest absolute Gasteiger partial charge is 0.507 e. The summed E-state index contributed by atoms with van der Waals surface area (Å²) in [6, 6.07) is 20.8. The van der Waals surface area contributed by atoms with E-state index in [1.54, 1.807) is 26.1 Å². The van der Waals surface area contributed by atoms with Crippen molar-refractivity contribution in [2.45, 2.75) is 6.92 Å². The highest BCUT2D eigenvalue weighted by molar-refractivity contribution is 6.00. The minimum atomic E-state index is 0.00634. The van der Waals surface area contributed by atoms with Crippen molar-refractivity contribution in [1.82, 2.24) is 0 Å². The van der Waals surface area contributed by atoms with Crippen molar-refractivity contribution in [1.29, 1.82) is 0 Å². The number of ketones is 1. The number of phenolic OH excluding ortho intramolecular Hbond substituents is 1. The lowest BCUT2D eigenvalue weighted by molar-refractivity contribution is 0.101. The smallest absolute Gasteiger partial charge is 0.161 e. The second-order valence-electron chi connectivity index (χ2n) is 6.07. The van der Waals surface area contributed by atoms with Gasteiger partial charge in [0.2, 0.25) is 0 Å². The summed E-state index contributed by atoms with van der Waals surface area (Å²) in [7, 11) is 3.58. The molecule has 5 heteroatoms. The summed E-state index contributed by atoms with van der Waals surface area (Å²) in [6.07, 6.45) is 0.620. The van der Waals surface area contributed by atoms with Gasteiger partial charge in [-0.15, -0.1) is 0 Å². The SMILES string of the molecule is CNc1cc(-c2ccccc2)ccc1C(C)=O.CNc1ccc(C=O)c(O)c1. The Morgan fingerprint density at radius 2 is 1.61 bits per heavy atom. The number of aromatic hydroxyl groups is 1. The van der Waals surface area contributed by atoms with Crippen molar-refractivity contribution in [3.8, 4) is 16.9 Å². The first-order chi connectivity index (χ1) is 13.5. The maximum atomic E-state index is 11.4. The Kier molecular flexibility index (Phi) is 7.34. The number of phenols is 1. The van der Waals surface area contributed by atoms with Crippen molar-refractivity contribution in [3.05, 3.63) is 77.9 Å². The minimum absolute atomic E-state index is 0.00634. The molecule has 0 atom stereocenters. The predicted molar refractivity (Wildman–Crippen MR) is 114 cm³/mol. The van der Waals surface area contributed by atoms with Gasteiger partial charge in [0.25, 0.3) is 0 Å². The number of aldehydes is 1. The van der Waals surface area contributed by atoms with Crippen LogP contribution in [0.1, 0.15) is 27.6 Å². The maximum absolute atomic E-state index is 11.4. The second-order valence-corrected chi connectivity index (χ2v) is 6.07. The highest BCUT2D eigenvalue weighted by Crippen LogP contribution is 2.25. The zero-order valence-corrected chi connectivity index (χ0v) is 16.2.